The van der Waals surface area contributed by atoms with E-state index in [1.807, 2.05) is 36.8 Å². The zero-order valence-corrected chi connectivity index (χ0v) is 30.2. The van der Waals surface area contributed by atoms with Crippen LogP contribution in [0.15, 0.2) is 88.9 Å². The molecule has 4 heterocycles. The molecule has 2 atom stereocenters. The zero-order chi connectivity index (χ0) is 40.0. The van der Waals surface area contributed by atoms with E-state index in [9.17, 15) is 23.5 Å². The molecule has 4 aromatic carbocycles. The number of carboxylic acids is 2. The maximum Gasteiger partial charge on any atom is 0.328 e. The molecular weight excluding hydrogens is 723 g/mol. The number of hydrogen-bond donors (Lipinski definition) is 2. The van der Waals surface area contributed by atoms with E-state index < -0.39 is 24.7 Å². The third-order valence-corrected chi connectivity index (χ3v) is 9.64. The van der Waals surface area contributed by atoms with E-state index in [4.69, 9.17) is 7.85 Å². The van der Waals surface area contributed by atoms with Crippen molar-refractivity contribution >= 4 is 52.2 Å². The number of nitrogens with zero attached hydrogens (tertiary/aromatic N) is 4. The second-order valence-corrected chi connectivity index (χ2v) is 13.9. The van der Waals surface area contributed by atoms with Crippen molar-refractivity contribution in [3.8, 4) is 11.4 Å². The first kappa shape index (κ1) is 40.5. The lowest BCUT2D eigenvalue weighted by Gasteiger charge is -2.15. The maximum absolute atomic E-state index is 13.5. The number of aromatic nitrogens is 2. The minimum Gasteiger partial charge on any atom is -0.481 e. The molecule has 0 aliphatic carbocycles. The van der Waals surface area contributed by atoms with Crippen LogP contribution < -0.4 is 0 Å². The van der Waals surface area contributed by atoms with Crippen molar-refractivity contribution in [3.05, 3.63) is 135 Å². The molecule has 0 saturated carbocycles. The van der Waals surface area contributed by atoms with Gasteiger partial charge < -0.3 is 19.3 Å². The second-order valence-electron chi connectivity index (χ2n) is 13.9. The van der Waals surface area contributed by atoms with Crippen LogP contribution >= 0.6 is 0 Å². The standard InChI is InChI=1S/C22H21FN2O2.C22H19FN2O2.3CH4/c2*1-13(2)22-18(7-8-21(26)27)19-9-14-11-24-12-15(14)10-20(19)25(22)17-5-3-16(23)4-6-17;;;/h3-6,9-10,12-13H,7-8,11H2,1-2H3,(H,26,27);3-10,12-13H,11H2,1-2H3,(H,26,27);3*1H4/b;8-7+;;;/i7D,8D;;;;. The fraction of sp³-hybridized carbons (Fsp3) is 0.277. The zero-order valence-electron chi connectivity index (χ0n) is 32.2. The molecule has 2 aromatic heterocycles. The highest BCUT2D eigenvalue weighted by Gasteiger charge is 2.24. The quantitative estimate of drug-likeness (QED) is 0.142. The summed E-state index contributed by atoms with van der Waals surface area (Å²) in [6.45, 7) is 9.25. The van der Waals surface area contributed by atoms with Crippen molar-refractivity contribution in [1.29, 1.82) is 0 Å². The van der Waals surface area contributed by atoms with Crippen LogP contribution in [0.5, 0.6) is 0 Å². The van der Waals surface area contributed by atoms with Crippen LogP contribution in [0.2, 0.25) is 0 Å². The highest BCUT2D eigenvalue weighted by molar-refractivity contribution is 6.00. The minimum atomic E-state index is -1.61. The summed E-state index contributed by atoms with van der Waals surface area (Å²) in [4.78, 5) is 31.2. The van der Waals surface area contributed by atoms with Crippen molar-refractivity contribution in [2.45, 2.75) is 87.7 Å². The van der Waals surface area contributed by atoms with Gasteiger partial charge in [-0.2, -0.15) is 0 Å². The van der Waals surface area contributed by atoms with Gasteiger partial charge in [-0.3, -0.25) is 14.8 Å². The first-order valence-electron chi connectivity index (χ1n) is 18.8. The Kier molecular flexibility index (Phi) is 12.6. The molecule has 6 aromatic rings. The number of hydrogen-bond acceptors (Lipinski definition) is 4. The normalized spacial score (nSPS) is 14.0. The number of benzene rings is 4. The van der Waals surface area contributed by atoms with Crippen molar-refractivity contribution in [2.24, 2.45) is 9.98 Å². The van der Waals surface area contributed by atoms with Gasteiger partial charge in [-0.25, -0.2) is 13.6 Å². The van der Waals surface area contributed by atoms with Crippen LogP contribution in [0.1, 0.15) is 116 Å². The minimum absolute atomic E-state index is 0. The van der Waals surface area contributed by atoms with Crippen LogP contribution in [-0.2, 0) is 29.1 Å². The van der Waals surface area contributed by atoms with E-state index in [1.54, 1.807) is 36.6 Å². The van der Waals surface area contributed by atoms with Gasteiger partial charge in [-0.15, -0.1) is 0 Å². The van der Waals surface area contributed by atoms with E-state index >= 15 is 0 Å². The summed E-state index contributed by atoms with van der Waals surface area (Å²) in [5, 5.41) is 20.2. The van der Waals surface area contributed by atoms with Gasteiger partial charge in [0, 0.05) is 66.7 Å². The number of carbonyl (C=O) groups is 2. The lowest BCUT2D eigenvalue weighted by atomic mass is 9.97. The molecule has 298 valence electrons. The van der Waals surface area contributed by atoms with Gasteiger partial charge in [0.15, 0.2) is 0 Å². The highest BCUT2D eigenvalue weighted by atomic mass is 19.1. The number of carboxylic acid groups (broad SMARTS) is 2. The monoisotopic (exact) mass is 776 g/mol. The van der Waals surface area contributed by atoms with Gasteiger partial charge in [-0.05, 0) is 125 Å². The average Bonchev–Trinajstić information content (AvgIpc) is 3.95. The Morgan fingerprint density at radius 1 is 0.737 bits per heavy atom. The smallest absolute Gasteiger partial charge is 0.328 e. The molecule has 2 N–H and O–H groups in total. The SMILES string of the molecule is C.C.C.CC(C)c1c(/C=C/C(=O)O)c2cc3c(cc2n1-c1ccc(F)cc1)C=NC3.[2H]C(C(=O)O)C([2H])c1c(C(C)C)n(-c2ccc(F)cc2)c2cc3c(cc12)CN=C3. The Balaban J connectivity index is 0.000000249. The number of aliphatic carboxylic acids is 2. The predicted octanol–water partition coefficient (Wildman–Crippen LogP) is 11.7. The summed E-state index contributed by atoms with van der Waals surface area (Å²) in [7, 11) is 0. The molecule has 0 amide bonds. The summed E-state index contributed by atoms with van der Waals surface area (Å²) in [6.07, 6.45) is 3.62. The number of aliphatic imine (C=N–C) groups is 2. The Morgan fingerprint density at radius 2 is 1.19 bits per heavy atom. The lowest BCUT2D eigenvalue weighted by Crippen LogP contribution is -2.06. The fourth-order valence-electron chi connectivity index (χ4n) is 7.41. The molecule has 0 bridgehead atoms. The number of fused-ring (bicyclic) bond motifs is 4. The highest BCUT2D eigenvalue weighted by Crippen LogP contribution is 2.39. The van der Waals surface area contributed by atoms with Crippen LogP contribution in [-0.4, -0.2) is 43.7 Å². The molecule has 2 aliphatic heterocycles. The average molecular weight is 777 g/mol. The molecule has 0 spiro atoms. The summed E-state index contributed by atoms with van der Waals surface area (Å²) >= 11 is 0. The van der Waals surface area contributed by atoms with E-state index in [0.29, 0.717) is 18.7 Å². The van der Waals surface area contributed by atoms with Crippen molar-refractivity contribution in [2.75, 3.05) is 0 Å². The molecule has 57 heavy (non-hydrogen) atoms. The van der Waals surface area contributed by atoms with Gasteiger partial charge in [0.1, 0.15) is 11.6 Å². The predicted molar refractivity (Wildman–Crippen MR) is 230 cm³/mol. The van der Waals surface area contributed by atoms with E-state index in [2.05, 4.69) is 40.5 Å². The largest absolute Gasteiger partial charge is 0.481 e. The lowest BCUT2D eigenvalue weighted by molar-refractivity contribution is -0.137. The Hall–Kier alpha value is -6.16. The van der Waals surface area contributed by atoms with Gasteiger partial charge in [0.2, 0.25) is 0 Å². The molecule has 0 saturated heterocycles. The number of halogens is 2. The van der Waals surface area contributed by atoms with Gasteiger partial charge in [0.05, 0.1) is 24.1 Å². The Bertz CT molecular complexity index is 2610. The molecule has 8 rings (SSSR count). The number of rotatable bonds is 9. The van der Waals surface area contributed by atoms with Crippen LogP contribution in [0.3, 0.4) is 0 Å². The molecule has 8 nitrogen and oxygen atoms in total. The van der Waals surface area contributed by atoms with Gasteiger partial charge >= 0.3 is 11.9 Å². The third kappa shape index (κ3) is 8.50. The van der Waals surface area contributed by atoms with E-state index in [1.165, 1.54) is 30.3 Å². The third-order valence-electron chi connectivity index (χ3n) is 9.64. The topological polar surface area (TPSA) is 109 Å². The summed E-state index contributed by atoms with van der Waals surface area (Å²) in [5.41, 5.74) is 10.7. The fourth-order valence-corrected chi connectivity index (χ4v) is 7.41. The van der Waals surface area contributed by atoms with Crippen LogP contribution in [0, 0.1) is 11.6 Å². The first-order valence-corrected chi connectivity index (χ1v) is 17.7. The summed E-state index contributed by atoms with van der Waals surface area (Å²) in [6, 6.07) is 20.5. The first-order chi connectivity index (χ1) is 26.7. The van der Waals surface area contributed by atoms with Crippen molar-refractivity contribution in [1.82, 2.24) is 9.13 Å². The molecule has 0 radical (unpaired) electrons. The van der Waals surface area contributed by atoms with Crippen LogP contribution in [0.4, 0.5) is 8.78 Å². The molecule has 0 fully saturated rings. The van der Waals surface area contributed by atoms with Gasteiger partial charge in [-0.1, -0.05) is 50.0 Å². The van der Waals surface area contributed by atoms with Gasteiger partial charge in [0.25, 0.3) is 0 Å². The van der Waals surface area contributed by atoms with E-state index in [0.717, 1.165) is 72.4 Å². The van der Waals surface area contributed by atoms with Crippen molar-refractivity contribution in [3.63, 3.8) is 0 Å². The molecule has 10 heteroatoms. The Morgan fingerprint density at radius 3 is 1.65 bits per heavy atom. The van der Waals surface area contributed by atoms with E-state index in [-0.39, 0.29) is 45.8 Å². The Labute approximate surface area is 336 Å². The summed E-state index contributed by atoms with van der Waals surface area (Å²) in [5.74, 6) is -2.86. The second kappa shape index (κ2) is 17.7. The van der Waals surface area contributed by atoms with Crippen molar-refractivity contribution < 1.29 is 31.3 Å². The molecule has 2 aliphatic rings. The maximum atomic E-state index is 13.5. The van der Waals surface area contributed by atoms with Crippen LogP contribution in [0.25, 0.3) is 39.3 Å². The summed E-state index contributed by atoms with van der Waals surface area (Å²) < 4.78 is 47.7. The molecular formula is C47H52F2N4O4. The number of aryl methyl sites for hydroxylation is 1. The molecule has 2 unspecified atom stereocenters.